The van der Waals surface area contributed by atoms with Gasteiger partial charge >= 0.3 is 5.69 Å². The highest BCUT2D eigenvalue weighted by atomic mass is 16.6. The molecule has 0 atom stereocenters. The van der Waals surface area contributed by atoms with Crippen molar-refractivity contribution in [1.29, 1.82) is 0 Å². The number of aromatic hydroxyl groups is 1. The minimum atomic E-state index is -0.735. The van der Waals surface area contributed by atoms with Crippen LogP contribution in [0.15, 0.2) is 59.7 Å². The molecule has 0 aliphatic heterocycles. The average Bonchev–Trinajstić information content (AvgIpc) is 2.73. The first-order valence-electron chi connectivity index (χ1n) is 8.58. The highest BCUT2D eigenvalue weighted by Crippen LogP contribution is 2.33. The molecule has 9 nitrogen and oxygen atoms in total. The van der Waals surface area contributed by atoms with Crippen LogP contribution < -0.4 is 15.5 Å². The van der Waals surface area contributed by atoms with Crippen LogP contribution in [-0.4, -0.2) is 35.8 Å². The van der Waals surface area contributed by atoms with Crippen LogP contribution >= 0.6 is 0 Å². The van der Waals surface area contributed by atoms with Crippen molar-refractivity contribution in [3.63, 3.8) is 0 Å². The Morgan fingerprint density at radius 3 is 2.69 bits per heavy atom. The Labute approximate surface area is 165 Å². The lowest BCUT2D eigenvalue weighted by molar-refractivity contribution is -0.385. The number of anilines is 1. The number of hydrazone groups is 1. The van der Waals surface area contributed by atoms with Gasteiger partial charge in [0, 0.05) is 11.3 Å². The molecule has 0 spiro atoms. The summed E-state index contributed by atoms with van der Waals surface area (Å²) in [4.78, 5) is 22.2. The lowest BCUT2D eigenvalue weighted by Gasteiger charge is -2.07. The fourth-order valence-electron chi connectivity index (χ4n) is 2.66. The number of nitrogens with one attached hydrogen (secondary N) is 2. The van der Waals surface area contributed by atoms with Gasteiger partial charge in [-0.1, -0.05) is 30.3 Å². The van der Waals surface area contributed by atoms with Gasteiger partial charge in [0.2, 0.25) is 5.75 Å². The number of rotatable bonds is 7. The molecule has 0 saturated heterocycles. The zero-order valence-electron chi connectivity index (χ0n) is 15.5. The number of phenols is 1. The second-order valence-electron chi connectivity index (χ2n) is 6.05. The molecule has 9 heteroatoms. The Morgan fingerprint density at radius 1 is 1.21 bits per heavy atom. The van der Waals surface area contributed by atoms with E-state index in [0.29, 0.717) is 0 Å². The van der Waals surface area contributed by atoms with Crippen LogP contribution in [0.1, 0.15) is 5.56 Å². The van der Waals surface area contributed by atoms with Gasteiger partial charge < -0.3 is 15.2 Å². The van der Waals surface area contributed by atoms with E-state index in [1.54, 1.807) is 0 Å². The molecule has 3 rings (SSSR count). The van der Waals surface area contributed by atoms with Crippen LogP contribution in [0.4, 0.5) is 11.4 Å². The van der Waals surface area contributed by atoms with E-state index < -0.39 is 22.3 Å². The average molecular weight is 394 g/mol. The van der Waals surface area contributed by atoms with Crippen LogP contribution in [-0.2, 0) is 4.79 Å². The molecule has 0 fully saturated rings. The van der Waals surface area contributed by atoms with E-state index in [2.05, 4.69) is 15.8 Å². The molecule has 1 amide bonds. The maximum Gasteiger partial charge on any atom is 0.315 e. The van der Waals surface area contributed by atoms with E-state index in [1.165, 1.54) is 13.2 Å². The molecular weight excluding hydrogens is 376 g/mol. The molecule has 0 aliphatic carbocycles. The van der Waals surface area contributed by atoms with E-state index in [0.717, 1.165) is 28.7 Å². The highest BCUT2D eigenvalue weighted by Gasteiger charge is 2.18. The van der Waals surface area contributed by atoms with Crippen LogP contribution in [0.25, 0.3) is 10.8 Å². The van der Waals surface area contributed by atoms with Gasteiger partial charge in [0.15, 0.2) is 0 Å². The number of nitrogens with zero attached hydrogens (tertiary/aromatic N) is 2. The summed E-state index contributed by atoms with van der Waals surface area (Å²) in [5.41, 5.74) is 2.60. The molecular formula is C20H18N4O5. The first-order chi connectivity index (χ1) is 14.0. The normalized spacial score (nSPS) is 10.8. The zero-order valence-corrected chi connectivity index (χ0v) is 15.5. The Hall–Kier alpha value is -4.14. The van der Waals surface area contributed by atoms with Gasteiger partial charge in [0.05, 0.1) is 30.9 Å². The fraction of sp³-hybridized carbons (Fsp3) is 0.100. The smallest absolute Gasteiger partial charge is 0.315 e. The van der Waals surface area contributed by atoms with E-state index in [-0.39, 0.29) is 17.9 Å². The summed E-state index contributed by atoms with van der Waals surface area (Å²) in [7, 11) is 1.34. The summed E-state index contributed by atoms with van der Waals surface area (Å²) in [5, 5.41) is 29.8. The van der Waals surface area contributed by atoms with Crippen molar-refractivity contribution in [3.05, 3.63) is 70.3 Å². The fourth-order valence-corrected chi connectivity index (χ4v) is 2.66. The number of nitro benzene ring substituents is 1. The molecule has 0 aromatic heterocycles. The van der Waals surface area contributed by atoms with Crippen molar-refractivity contribution in [1.82, 2.24) is 5.43 Å². The zero-order chi connectivity index (χ0) is 20.8. The molecule has 29 heavy (non-hydrogen) atoms. The Balaban J connectivity index is 1.62. The largest absolute Gasteiger partial charge is 0.502 e. The number of ether oxygens (including phenoxy) is 1. The Kier molecular flexibility index (Phi) is 5.88. The number of nitro groups is 1. The van der Waals surface area contributed by atoms with Gasteiger partial charge in [-0.2, -0.15) is 5.10 Å². The number of benzene rings is 3. The highest BCUT2D eigenvalue weighted by molar-refractivity contribution is 5.89. The van der Waals surface area contributed by atoms with Crippen LogP contribution in [0.5, 0.6) is 11.5 Å². The van der Waals surface area contributed by atoms with Gasteiger partial charge in [-0.15, -0.1) is 0 Å². The number of fused-ring (bicyclic) bond motifs is 1. The topological polar surface area (TPSA) is 126 Å². The molecule has 3 N–H and O–H groups in total. The minimum Gasteiger partial charge on any atom is -0.502 e. The summed E-state index contributed by atoms with van der Waals surface area (Å²) in [5.74, 6) is -0.811. The third-order valence-electron chi connectivity index (χ3n) is 4.12. The van der Waals surface area contributed by atoms with E-state index >= 15 is 0 Å². The number of amides is 1. The monoisotopic (exact) mass is 394 g/mol. The van der Waals surface area contributed by atoms with E-state index in [9.17, 15) is 20.0 Å². The number of phenolic OH excluding ortho intramolecular Hbond substituents is 1. The third kappa shape index (κ3) is 4.78. The first-order valence-corrected chi connectivity index (χ1v) is 8.58. The molecule has 0 unspecified atom stereocenters. The Morgan fingerprint density at radius 2 is 1.97 bits per heavy atom. The number of methoxy groups -OCH3 is 1. The lowest BCUT2D eigenvalue weighted by Crippen LogP contribution is -2.25. The van der Waals surface area contributed by atoms with Gasteiger partial charge in [-0.25, -0.2) is 5.43 Å². The molecule has 0 bridgehead atoms. The molecule has 0 heterocycles. The van der Waals surface area contributed by atoms with Gasteiger partial charge in [-0.3, -0.25) is 14.9 Å². The third-order valence-corrected chi connectivity index (χ3v) is 4.12. The maximum absolute atomic E-state index is 12.0. The maximum atomic E-state index is 12.0. The van der Waals surface area contributed by atoms with Crippen molar-refractivity contribution >= 4 is 34.3 Å². The lowest BCUT2D eigenvalue weighted by atomic mass is 10.1. The Bertz CT molecular complexity index is 1100. The molecule has 0 radical (unpaired) electrons. The number of hydrogen-bond donors (Lipinski definition) is 3. The molecule has 0 saturated carbocycles. The van der Waals surface area contributed by atoms with Crippen LogP contribution in [0.3, 0.4) is 0 Å². The predicted molar refractivity (Wildman–Crippen MR) is 109 cm³/mol. The summed E-state index contributed by atoms with van der Waals surface area (Å²) in [6, 6.07) is 16.1. The summed E-state index contributed by atoms with van der Waals surface area (Å²) in [6.07, 6.45) is 1.11. The second-order valence-corrected chi connectivity index (χ2v) is 6.05. The standard InChI is InChI=1S/C20H18N4O5/c1-29-17-9-15(20(26)18(10-17)24(27)28)11-22-23-19(25)12-21-16-7-6-13-4-2-3-5-14(13)8-16/h2-11,21,26H,12H2,1H3,(H,23,25). The quantitative estimate of drug-likeness (QED) is 0.321. The minimum absolute atomic E-state index is 0.0279. The van der Waals surface area contributed by atoms with Crippen molar-refractivity contribution in [2.75, 3.05) is 19.0 Å². The van der Waals surface area contributed by atoms with Gasteiger partial charge in [0.1, 0.15) is 5.75 Å². The van der Waals surface area contributed by atoms with Crippen LogP contribution in [0, 0.1) is 10.1 Å². The van der Waals surface area contributed by atoms with Crippen molar-refractivity contribution in [2.45, 2.75) is 0 Å². The number of hydrogen-bond acceptors (Lipinski definition) is 7. The van der Waals surface area contributed by atoms with Gasteiger partial charge in [-0.05, 0) is 29.0 Å². The number of carbonyl (C=O) groups is 1. The summed E-state index contributed by atoms with van der Waals surface area (Å²) in [6.45, 7) is -0.0279. The van der Waals surface area contributed by atoms with Crippen molar-refractivity contribution in [3.8, 4) is 11.5 Å². The molecule has 3 aromatic carbocycles. The SMILES string of the molecule is COc1cc(C=NNC(=O)CNc2ccc3ccccc3c2)c(O)c([N+](=O)[O-])c1. The summed E-state index contributed by atoms with van der Waals surface area (Å²) >= 11 is 0. The second kappa shape index (κ2) is 8.70. The van der Waals surface area contributed by atoms with Gasteiger partial charge in [0.25, 0.3) is 5.91 Å². The molecule has 3 aromatic rings. The number of carbonyl (C=O) groups excluding carboxylic acids is 1. The van der Waals surface area contributed by atoms with Crippen LogP contribution in [0.2, 0.25) is 0 Å². The van der Waals surface area contributed by atoms with Crippen molar-refractivity contribution in [2.24, 2.45) is 5.10 Å². The van der Waals surface area contributed by atoms with Crippen molar-refractivity contribution < 1.29 is 19.6 Å². The first kappa shape index (κ1) is 19.6. The molecule has 148 valence electrons. The predicted octanol–water partition coefficient (Wildman–Crippen LogP) is 3.02. The van der Waals surface area contributed by atoms with E-state index in [1.807, 2.05) is 42.5 Å². The van der Waals surface area contributed by atoms with E-state index in [4.69, 9.17) is 4.74 Å². The molecule has 0 aliphatic rings. The summed E-state index contributed by atoms with van der Waals surface area (Å²) < 4.78 is 4.97.